The summed E-state index contributed by atoms with van der Waals surface area (Å²) in [7, 11) is 0. The largest absolute Gasteiger partial charge is 0.368 e. The first-order valence-electron chi connectivity index (χ1n) is 8.25. The van der Waals surface area contributed by atoms with Crippen molar-refractivity contribution >= 4 is 34.6 Å². The SMILES string of the molecule is O=C(C1CCCO1)N1CCN(C(=S)Nc2cccc([N+](=O)[O-])c2)CC1. The second-order valence-corrected chi connectivity index (χ2v) is 6.44. The molecule has 0 aromatic heterocycles. The van der Waals surface area contributed by atoms with E-state index in [1.807, 2.05) is 9.80 Å². The van der Waals surface area contributed by atoms with Crippen molar-refractivity contribution in [3.8, 4) is 0 Å². The molecule has 2 aliphatic rings. The van der Waals surface area contributed by atoms with Gasteiger partial charge in [0, 0.05) is 50.6 Å². The predicted molar refractivity (Wildman–Crippen MR) is 96.4 cm³/mol. The molecule has 1 aromatic carbocycles. The Morgan fingerprint density at radius 1 is 1.28 bits per heavy atom. The van der Waals surface area contributed by atoms with Gasteiger partial charge in [-0.3, -0.25) is 14.9 Å². The molecule has 1 unspecified atom stereocenters. The van der Waals surface area contributed by atoms with E-state index >= 15 is 0 Å². The minimum Gasteiger partial charge on any atom is -0.368 e. The molecule has 0 aliphatic carbocycles. The highest BCUT2D eigenvalue weighted by molar-refractivity contribution is 7.80. The van der Waals surface area contributed by atoms with Crippen LogP contribution in [0.2, 0.25) is 0 Å². The molecule has 0 saturated carbocycles. The van der Waals surface area contributed by atoms with Crippen LogP contribution in [0.15, 0.2) is 24.3 Å². The van der Waals surface area contributed by atoms with Crippen molar-refractivity contribution in [2.45, 2.75) is 18.9 Å². The molecule has 2 aliphatic heterocycles. The van der Waals surface area contributed by atoms with Crippen LogP contribution in [0.3, 0.4) is 0 Å². The number of amides is 1. The number of rotatable bonds is 3. The number of hydrogen-bond acceptors (Lipinski definition) is 5. The zero-order chi connectivity index (χ0) is 17.8. The van der Waals surface area contributed by atoms with Crippen molar-refractivity contribution in [2.24, 2.45) is 0 Å². The van der Waals surface area contributed by atoms with E-state index in [2.05, 4.69) is 5.32 Å². The number of nitro benzene ring substituents is 1. The molecule has 9 heteroatoms. The van der Waals surface area contributed by atoms with E-state index in [-0.39, 0.29) is 17.7 Å². The van der Waals surface area contributed by atoms with E-state index in [0.29, 0.717) is 43.6 Å². The first-order chi connectivity index (χ1) is 12.0. The lowest BCUT2D eigenvalue weighted by atomic mass is 10.2. The van der Waals surface area contributed by atoms with E-state index in [9.17, 15) is 14.9 Å². The second-order valence-electron chi connectivity index (χ2n) is 6.05. The van der Waals surface area contributed by atoms with Crippen LogP contribution in [0.4, 0.5) is 11.4 Å². The highest BCUT2D eigenvalue weighted by Crippen LogP contribution is 2.19. The van der Waals surface area contributed by atoms with Gasteiger partial charge in [-0.25, -0.2) is 0 Å². The molecule has 2 saturated heterocycles. The first kappa shape index (κ1) is 17.6. The van der Waals surface area contributed by atoms with Gasteiger partial charge in [0.1, 0.15) is 6.10 Å². The van der Waals surface area contributed by atoms with Gasteiger partial charge >= 0.3 is 0 Å². The van der Waals surface area contributed by atoms with Crippen molar-refractivity contribution in [1.29, 1.82) is 0 Å². The Labute approximate surface area is 150 Å². The van der Waals surface area contributed by atoms with Gasteiger partial charge in [-0.2, -0.15) is 0 Å². The number of carbonyl (C=O) groups is 1. The topological polar surface area (TPSA) is 88.0 Å². The maximum atomic E-state index is 12.3. The van der Waals surface area contributed by atoms with Crippen molar-refractivity contribution in [3.05, 3.63) is 34.4 Å². The molecule has 1 atom stereocenters. The number of hydrogen-bond donors (Lipinski definition) is 1. The van der Waals surface area contributed by atoms with Crippen LogP contribution in [0.25, 0.3) is 0 Å². The Balaban J connectivity index is 1.52. The van der Waals surface area contributed by atoms with E-state index in [1.54, 1.807) is 12.1 Å². The summed E-state index contributed by atoms with van der Waals surface area (Å²) in [5, 5.41) is 14.4. The smallest absolute Gasteiger partial charge is 0.271 e. The summed E-state index contributed by atoms with van der Waals surface area (Å²) in [6, 6.07) is 6.23. The maximum absolute atomic E-state index is 12.3. The number of nitrogens with one attached hydrogen (secondary N) is 1. The molecule has 0 bridgehead atoms. The quantitative estimate of drug-likeness (QED) is 0.495. The van der Waals surface area contributed by atoms with Crippen LogP contribution < -0.4 is 5.32 Å². The summed E-state index contributed by atoms with van der Waals surface area (Å²) in [6.07, 6.45) is 1.45. The molecule has 1 N–H and O–H groups in total. The van der Waals surface area contributed by atoms with Crippen molar-refractivity contribution in [1.82, 2.24) is 9.80 Å². The molecule has 134 valence electrons. The summed E-state index contributed by atoms with van der Waals surface area (Å²) in [6.45, 7) is 3.09. The second kappa shape index (κ2) is 7.75. The average Bonchev–Trinajstić information content (AvgIpc) is 3.16. The van der Waals surface area contributed by atoms with Crippen LogP contribution in [0.1, 0.15) is 12.8 Å². The fourth-order valence-electron chi connectivity index (χ4n) is 3.01. The average molecular weight is 364 g/mol. The normalized spacial score (nSPS) is 20.4. The Morgan fingerprint density at radius 3 is 2.64 bits per heavy atom. The van der Waals surface area contributed by atoms with Gasteiger partial charge in [-0.15, -0.1) is 0 Å². The van der Waals surface area contributed by atoms with Crippen molar-refractivity contribution < 1.29 is 14.5 Å². The van der Waals surface area contributed by atoms with Crippen LogP contribution >= 0.6 is 12.2 Å². The maximum Gasteiger partial charge on any atom is 0.271 e. The van der Waals surface area contributed by atoms with E-state index < -0.39 is 4.92 Å². The highest BCUT2D eigenvalue weighted by Gasteiger charge is 2.30. The zero-order valence-electron chi connectivity index (χ0n) is 13.7. The van der Waals surface area contributed by atoms with Crippen LogP contribution in [0.5, 0.6) is 0 Å². The number of piperazine rings is 1. The summed E-state index contributed by atoms with van der Waals surface area (Å²) < 4.78 is 5.45. The molecule has 0 spiro atoms. The number of nitrogens with zero attached hydrogens (tertiary/aromatic N) is 3. The van der Waals surface area contributed by atoms with Crippen LogP contribution in [0, 0.1) is 10.1 Å². The van der Waals surface area contributed by atoms with E-state index in [1.165, 1.54) is 12.1 Å². The number of non-ortho nitro benzene ring substituents is 1. The molecule has 1 amide bonds. The Bertz CT molecular complexity index is 670. The summed E-state index contributed by atoms with van der Waals surface area (Å²) in [4.78, 5) is 26.5. The molecule has 25 heavy (non-hydrogen) atoms. The molecule has 1 aromatic rings. The Hall–Kier alpha value is -2.26. The monoisotopic (exact) mass is 364 g/mol. The summed E-state index contributed by atoms with van der Waals surface area (Å²) in [5.74, 6) is 0.0645. The van der Waals surface area contributed by atoms with Crippen molar-refractivity contribution in [2.75, 3.05) is 38.1 Å². The van der Waals surface area contributed by atoms with Gasteiger partial charge in [0.25, 0.3) is 11.6 Å². The predicted octanol–water partition coefficient (Wildman–Crippen LogP) is 1.61. The molecular formula is C16H20N4O4S. The standard InChI is InChI=1S/C16H20N4O4S/c21-15(14-5-2-10-24-14)18-6-8-19(9-7-18)16(25)17-12-3-1-4-13(11-12)20(22)23/h1,3-4,11,14H,2,5-10H2,(H,17,25). The van der Waals surface area contributed by atoms with Gasteiger partial charge in [-0.1, -0.05) is 6.07 Å². The lowest BCUT2D eigenvalue weighted by Crippen LogP contribution is -2.53. The number of benzene rings is 1. The third kappa shape index (κ3) is 4.23. The number of carbonyl (C=O) groups excluding carboxylic acids is 1. The molecule has 2 fully saturated rings. The summed E-state index contributed by atoms with van der Waals surface area (Å²) in [5.41, 5.74) is 0.594. The van der Waals surface area contributed by atoms with Crippen LogP contribution in [-0.4, -0.2) is 64.6 Å². The number of thiocarbonyl (C=S) groups is 1. The fraction of sp³-hybridized carbons (Fsp3) is 0.500. The number of anilines is 1. The van der Waals surface area contributed by atoms with Crippen LogP contribution in [-0.2, 0) is 9.53 Å². The molecule has 0 radical (unpaired) electrons. The van der Waals surface area contributed by atoms with Crippen molar-refractivity contribution in [3.63, 3.8) is 0 Å². The highest BCUT2D eigenvalue weighted by atomic mass is 32.1. The molecular weight excluding hydrogens is 344 g/mol. The molecule has 8 nitrogen and oxygen atoms in total. The lowest BCUT2D eigenvalue weighted by Gasteiger charge is -2.37. The first-order valence-corrected chi connectivity index (χ1v) is 8.66. The molecule has 2 heterocycles. The van der Waals surface area contributed by atoms with Gasteiger partial charge in [0.2, 0.25) is 0 Å². The summed E-state index contributed by atoms with van der Waals surface area (Å²) >= 11 is 5.39. The fourth-order valence-corrected chi connectivity index (χ4v) is 3.31. The zero-order valence-corrected chi connectivity index (χ0v) is 14.5. The number of ether oxygens (including phenoxy) is 1. The van der Waals surface area contributed by atoms with Gasteiger partial charge in [0.05, 0.1) is 4.92 Å². The Kier molecular flexibility index (Phi) is 5.44. The molecule has 3 rings (SSSR count). The van der Waals surface area contributed by atoms with E-state index in [4.69, 9.17) is 17.0 Å². The third-order valence-corrected chi connectivity index (χ3v) is 4.75. The van der Waals surface area contributed by atoms with Gasteiger partial charge < -0.3 is 19.9 Å². The van der Waals surface area contributed by atoms with Gasteiger partial charge in [0.15, 0.2) is 5.11 Å². The minimum absolute atomic E-state index is 0.0137. The lowest BCUT2D eigenvalue weighted by molar-refractivity contribution is -0.384. The van der Waals surface area contributed by atoms with Gasteiger partial charge in [-0.05, 0) is 31.1 Å². The Morgan fingerprint density at radius 2 is 2.00 bits per heavy atom. The van der Waals surface area contributed by atoms with E-state index in [0.717, 1.165) is 12.8 Å². The minimum atomic E-state index is -0.441. The third-order valence-electron chi connectivity index (χ3n) is 4.39. The number of nitro groups is 1.